The summed E-state index contributed by atoms with van der Waals surface area (Å²) in [4.78, 5) is 62.5. The van der Waals surface area contributed by atoms with Crippen LogP contribution in [0.15, 0.2) is 45.3 Å². The van der Waals surface area contributed by atoms with Gasteiger partial charge in [0, 0.05) is 35.3 Å². The molecule has 8 nitrogen and oxygen atoms in total. The van der Waals surface area contributed by atoms with Gasteiger partial charge >= 0.3 is 11.9 Å². The van der Waals surface area contributed by atoms with Crippen LogP contribution in [0.5, 0.6) is 11.5 Å². The highest BCUT2D eigenvalue weighted by atomic mass is 79.9. The van der Waals surface area contributed by atoms with E-state index in [1.54, 1.807) is 24.3 Å². The summed E-state index contributed by atoms with van der Waals surface area (Å²) >= 11 is 6.87. The molecular weight excluding hydrogens is 1590 g/mol. The van der Waals surface area contributed by atoms with Crippen molar-refractivity contribution in [1.82, 2.24) is 0 Å². The average Bonchev–Trinajstić information content (AvgIpc) is 1.56. The quantitative estimate of drug-likeness (QED) is 0.0242. The molecule has 4 heterocycles. The molecule has 0 fully saturated rings. The van der Waals surface area contributed by atoms with Crippen LogP contribution < -0.4 is 19.3 Å². The number of fused-ring (bicyclic) bond motifs is 4. The summed E-state index contributed by atoms with van der Waals surface area (Å²) in [6.07, 6.45) is 93.8. The lowest BCUT2D eigenvalue weighted by molar-refractivity contribution is -0.127. The summed E-state index contributed by atoms with van der Waals surface area (Å²) in [6.45, 7) is 9.73. The van der Waals surface area contributed by atoms with E-state index in [2.05, 4.69) is 59.6 Å². The van der Waals surface area contributed by atoms with Gasteiger partial charge in [-0.05, 0) is 93.6 Å². The number of rotatable bonds is 76. The van der Waals surface area contributed by atoms with Crippen LogP contribution in [0.2, 0.25) is 0 Å². The zero-order valence-corrected chi connectivity index (χ0v) is 79.0. The number of esters is 2. The van der Waals surface area contributed by atoms with E-state index in [1.807, 2.05) is 0 Å². The van der Waals surface area contributed by atoms with Gasteiger partial charge in [-0.1, -0.05) is 476 Å². The van der Waals surface area contributed by atoms with Crippen LogP contribution in [-0.2, 0) is 19.2 Å². The molecule has 0 saturated heterocycles. The molecule has 3 aromatic rings. The Balaban J connectivity index is 0.967. The normalized spacial score (nSPS) is 15.0. The highest BCUT2D eigenvalue weighted by molar-refractivity contribution is 9.10. The fourth-order valence-electron chi connectivity index (χ4n) is 19.6. The number of ether oxygens (including phenoxy) is 2. The third-order valence-electron chi connectivity index (χ3n) is 26.9. The van der Waals surface area contributed by atoms with E-state index in [4.69, 9.17) is 9.47 Å². The average molecular weight is 1760 g/mol. The van der Waals surface area contributed by atoms with Gasteiger partial charge in [0.15, 0.2) is 11.6 Å². The Bertz CT molecular complexity index is 3070. The summed E-state index contributed by atoms with van der Waals surface area (Å²) in [5.41, 5.74) is 1.38. The number of nitrogens with zero attached hydrogens (tertiary/aromatic N) is 2. The Hall–Kier alpha value is -4.16. The predicted molar refractivity (Wildman–Crippen MR) is 506 cm³/mol. The molecule has 0 aliphatic carbocycles. The Kier molecular flexibility index (Phi) is 53.8. The third kappa shape index (κ3) is 36.6. The first-order valence-electron chi connectivity index (χ1n) is 50.7. The second-order valence-corrected chi connectivity index (χ2v) is 38.6. The van der Waals surface area contributed by atoms with E-state index in [9.17, 15) is 9.59 Å². The Morgan fingerprint density at radius 3 is 0.669 bits per heavy atom. The molecule has 2 amide bonds. The number of hydrogen-bond acceptors (Lipinski definition) is 6. The second kappa shape index (κ2) is 62.9. The minimum absolute atomic E-state index is 0.0291. The van der Waals surface area contributed by atoms with E-state index in [-0.39, 0.29) is 78.3 Å². The topological polar surface area (TPSA) is 93.2 Å². The molecule has 0 spiro atoms. The lowest BCUT2D eigenvalue weighted by atomic mass is 9.90. The fraction of sp³-hybridized carbons (Fsp3) is 0.755. The Morgan fingerprint density at radius 2 is 0.458 bits per heavy atom. The van der Waals surface area contributed by atoms with Crippen LogP contribution in [0.25, 0.3) is 22.3 Å². The second-order valence-electron chi connectivity index (χ2n) is 36.9. The van der Waals surface area contributed by atoms with Crippen molar-refractivity contribution in [3.8, 4) is 11.5 Å². The molecule has 4 aliphatic heterocycles. The van der Waals surface area contributed by atoms with Crippen LogP contribution in [0.3, 0.4) is 0 Å². The number of benzene rings is 3. The van der Waals surface area contributed by atoms with E-state index in [1.165, 1.54) is 433 Å². The van der Waals surface area contributed by atoms with E-state index in [0.717, 1.165) is 38.5 Å². The van der Waals surface area contributed by atoms with Gasteiger partial charge in [-0.25, -0.2) is 18.4 Å². The standard InChI is InChI=1S/C106H168Br2F2N2O6/c1-5-9-13-17-21-25-29-33-37-41-45-49-53-57-61-65-71-85(72-66-62-58-54-50-46-42-38-34-30-26-22-18-14-10-6-2)75-69-81-111-101-87(77-79-91(107)99(101)109)95(103(111)113)97-89-83-94-90(84-93(89)117-105(97)115)98(106(116)118-94)96-88-78-80-92(108)100(110)102(88)112(104(96)114)82-70-76-86(73-67-63-59-55-51-47-43-39-35-31-27-23-19-15-11-7-3)74-68-64-60-56-52-48-44-40-36-32-28-24-20-16-12-8-4/h77-80,83-86H,5-76,81-82H2,1-4H3. The largest absolute Gasteiger partial charge is 0.422 e. The lowest BCUT2D eigenvalue weighted by Crippen LogP contribution is -2.29. The molecule has 7 rings (SSSR count). The van der Waals surface area contributed by atoms with Crippen molar-refractivity contribution in [3.63, 3.8) is 0 Å². The monoisotopic (exact) mass is 1760 g/mol. The molecular formula is C106H168Br2F2N2O6. The van der Waals surface area contributed by atoms with Crippen molar-refractivity contribution >= 4 is 89.3 Å². The lowest BCUT2D eigenvalue weighted by Gasteiger charge is -2.21. The zero-order valence-electron chi connectivity index (χ0n) is 75.8. The highest BCUT2D eigenvalue weighted by Crippen LogP contribution is 2.54. The molecule has 0 bridgehead atoms. The van der Waals surface area contributed by atoms with Crippen LogP contribution in [0, 0.1) is 23.5 Å². The maximum atomic E-state index is 16.8. The predicted octanol–water partition coefficient (Wildman–Crippen LogP) is 35.2. The summed E-state index contributed by atoms with van der Waals surface area (Å²) in [5.74, 6) is -2.47. The molecule has 0 unspecified atom stereocenters. The van der Waals surface area contributed by atoms with Crippen LogP contribution in [0.4, 0.5) is 20.2 Å². The maximum Gasteiger partial charge on any atom is 0.345 e. The number of hydrogen-bond donors (Lipinski definition) is 0. The van der Waals surface area contributed by atoms with Crippen LogP contribution in [0.1, 0.15) is 512 Å². The van der Waals surface area contributed by atoms with Gasteiger partial charge in [0.05, 0.1) is 42.6 Å². The number of carbonyl (C=O) groups excluding carboxylic acids is 4. The van der Waals surface area contributed by atoms with Gasteiger partial charge in [-0.15, -0.1) is 0 Å². The molecule has 118 heavy (non-hydrogen) atoms. The minimum atomic E-state index is -0.778. The van der Waals surface area contributed by atoms with Crippen molar-refractivity contribution in [3.05, 3.63) is 79.2 Å². The van der Waals surface area contributed by atoms with Crippen LogP contribution >= 0.6 is 31.9 Å². The van der Waals surface area contributed by atoms with Crippen molar-refractivity contribution in [2.24, 2.45) is 11.8 Å². The molecule has 0 atom stereocenters. The smallest absolute Gasteiger partial charge is 0.345 e. The van der Waals surface area contributed by atoms with Crippen molar-refractivity contribution in [2.45, 2.75) is 490 Å². The SMILES string of the molecule is CCCCCCCCCCCCCCCCCCC(CCCCCCCCCCCCCCCCCC)CCCN1C(=O)C(=C2C(=O)Oc3cc4c(cc32)OC(=O)C4=C2C(=O)N(CCCC(CCCCCCCCCCCCCCCCCC)CCCCCCCCCCCCCCCCCC)c3c2ccc(Br)c3F)c2ccc(Br)c(F)c21. The highest BCUT2D eigenvalue weighted by Gasteiger charge is 2.46. The van der Waals surface area contributed by atoms with Gasteiger partial charge in [0.1, 0.15) is 11.5 Å². The maximum absolute atomic E-state index is 16.8. The molecule has 0 radical (unpaired) electrons. The van der Waals surface area contributed by atoms with Crippen molar-refractivity contribution < 1.29 is 37.4 Å². The molecule has 4 aliphatic rings. The van der Waals surface area contributed by atoms with Crippen molar-refractivity contribution in [1.29, 1.82) is 0 Å². The summed E-state index contributed by atoms with van der Waals surface area (Å²) < 4.78 is 46.2. The van der Waals surface area contributed by atoms with Gasteiger partial charge < -0.3 is 19.3 Å². The number of unbranched alkanes of at least 4 members (excludes halogenated alkanes) is 60. The number of carbonyl (C=O) groups is 4. The van der Waals surface area contributed by atoms with E-state index >= 15 is 18.4 Å². The first kappa shape index (κ1) is 101. The summed E-state index contributed by atoms with van der Waals surface area (Å²) in [5, 5.41) is 0. The molecule has 666 valence electrons. The van der Waals surface area contributed by atoms with E-state index < -0.39 is 35.4 Å². The number of halogens is 4. The first-order chi connectivity index (χ1) is 57.9. The van der Waals surface area contributed by atoms with Gasteiger partial charge in [-0.3, -0.25) is 9.59 Å². The Labute approximate surface area is 737 Å². The molecule has 0 N–H and O–H groups in total. The molecule has 0 aromatic heterocycles. The fourth-order valence-corrected chi connectivity index (χ4v) is 20.2. The number of amides is 2. The summed E-state index contributed by atoms with van der Waals surface area (Å²) in [7, 11) is 0. The van der Waals surface area contributed by atoms with Gasteiger partial charge in [0.25, 0.3) is 11.8 Å². The number of anilines is 2. The third-order valence-corrected chi connectivity index (χ3v) is 28.1. The van der Waals surface area contributed by atoms with E-state index in [0.29, 0.717) is 35.8 Å². The summed E-state index contributed by atoms with van der Waals surface area (Å²) in [6, 6.07) is 9.61. The first-order valence-corrected chi connectivity index (χ1v) is 52.3. The van der Waals surface area contributed by atoms with Crippen molar-refractivity contribution in [2.75, 3.05) is 22.9 Å². The minimum Gasteiger partial charge on any atom is -0.422 e. The Morgan fingerprint density at radius 1 is 0.263 bits per heavy atom. The molecule has 0 saturated carbocycles. The molecule has 3 aromatic carbocycles. The zero-order chi connectivity index (χ0) is 83.8. The molecule has 12 heteroatoms. The van der Waals surface area contributed by atoms with Crippen LogP contribution in [-0.4, -0.2) is 36.8 Å². The van der Waals surface area contributed by atoms with Gasteiger partial charge in [0.2, 0.25) is 0 Å². The van der Waals surface area contributed by atoms with Gasteiger partial charge in [-0.2, -0.15) is 0 Å².